The smallest absolute Gasteiger partial charge is 0.394 e. The van der Waals surface area contributed by atoms with Crippen molar-refractivity contribution in [3.63, 3.8) is 0 Å². The fourth-order valence-electron chi connectivity index (χ4n) is 0.617. The maximum absolute atomic E-state index is 11.5. The van der Waals surface area contributed by atoms with Crippen LogP contribution < -0.4 is 5.09 Å². The fraction of sp³-hybridized carbons (Fsp3) is 1.00. The molecular weight excluding hydrogens is 197 g/mol. The van der Waals surface area contributed by atoms with E-state index in [9.17, 15) is 4.57 Å². The van der Waals surface area contributed by atoms with Gasteiger partial charge in [0, 0.05) is 14.2 Å². The second-order valence-electron chi connectivity index (χ2n) is 2.85. The second-order valence-corrected chi connectivity index (χ2v) is 4.80. The van der Waals surface area contributed by atoms with Crippen LogP contribution in [0.15, 0.2) is 0 Å². The van der Waals surface area contributed by atoms with Crippen molar-refractivity contribution in [2.75, 3.05) is 27.4 Å². The van der Waals surface area contributed by atoms with Crippen molar-refractivity contribution >= 4 is 7.75 Å². The van der Waals surface area contributed by atoms with Crippen LogP contribution in [-0.4, -0.2) is 43.2 Å². The summed E-state index contributed by atoms with van der Waals surface area (Å²) in [5.41, 5.74) is -1.08. The molecule has 0 aromatic rings. The molecule has 0 radical (unpaired) electrons. The summed E-state index contributed by atoms with van der Waals surface area (Å²) < 4.78 is 20.7. The first-order chi connectivity index (χ1) is 5.95. The molecule has 0 aromatic carbocycles. The maximum Gasteiger partial charge on any atom is 0.405 e. The minimum absolute atomic E-state index is 0.375. The van der Waals surface area contributed by atoms with E-state index in [0.717, 1.165) is 0 Å². The normalized spacial score (nSPS) is 13.3. The summed E-state index contributed by atoms with van der Waals surface area (Å²) >= 11 is 0. The van der Waals surface area contributed by atoms with Gasteiger partial charge in [-0.15, -0.1) is 0 Å². The van der Waals surface area contributed by atoms with Crippen LogP contribution in [0.4, 0.5) is 0 Å². The number of aliphatic hydroxyl groups excluding tert-OH is 2. The quantitative estimate of drug-likeness (QED) is 0.526. The van der Waals surface area contributed by atoms with Crippen LogP contribution in [-0.2, 0) is 13.6 Å². The number of hydrogen-bond acceptors (Lipinski definition) is 5. The standard InChI is InChI=1S/C6H16NO5P/c1-6(4-8,5-9)7-13(10,11-2)12-3/h8-9H,4-5H2,1-3H3,(H,7,10). The van der Waals surface area contributed by atoms with Gasteiger partial charge < -0.3 is 19.3 Å². The van der Waals surface area contributed by atoms with Crippen molar-refractivity contribution in [2.24, 2.45) is 0 Å². The van der Waals surface area contributed by atoms with Crippen LogP contribution in [0.1, 0.15) is 6.92 Å². The number of aliphatic hydroxyl groups is 2. The topological polar surface area (TPSA) is 88.0 Å². The van der Waals surface area contributed by atoms with Crippen LogP contribution in [0.5, 0.6) is 0 Å². The highest BCUT2D eigenvalue weighted by Crippen LogP contribution is 2.43. The van der Waals surface area contributed by atoms with E-state index >= 15 is 0 Å². The SMILES string of the molecule is COP(=O)(NC(C)(CO)CO)OC. The average Bonchev–Trinajstić information content (AvgIpc) is 2.17. The van der Waals surface area contributed by atoms with Gasteiger partial charge in [-0.25, -0.2) is 9.65 Å². The van der Waals surface area contributed by atoms with Gasteiger partial charge >= 0.3 is 7.75 Å². The van der Waals surface area contributed by atoms with Gasteiger partial charge in [0.05, 0.1) is 18.8 Å². The van der Waals surface area contributed by atoms with E-state index < -0.39 is 13.3 Å². The minimum Gasteiger partial charge on any atom is -0.394 e. The number of hydrogen-bond donors (Lipinski definition) is 3. The largest absolute Gasteiger partial charge is 0.405 e. The molecule has 0 unspecified atom stereocenters. The Morgan fingerprint density at radius 3 is 1.92 bits per heavy atom. The molecular formula is C6H16NO5P. The van der Waals surface area contributed by atoms with E-state index in [2.05, 4.69) is 14.1 Å². The van der Waals surface area contributed by atoms with Crippen molar-refractivity contribution in [1.29, 1.82) is 0 Å². The summed E-state index contributed by atoms with van der Waals surface area (Å²) in [6.07, 6.45) is 0. The van der Waals surface area contributed by atoms with Crippen LogP contribution in [0, 0.1) is 0 Å². The van der Waals surface area contributed by atoms with Gasteiger partial charge in [-0.2, -0.15) is 0 Å². The third kappa shape index (κ3) is 3.72. The molecule has 0 aliphatic carbocycles. The van der Waals surface area contributed by atoms with Gasteiger partial charge in [0.15, 0.2) is 0 Å². The van der Waals surface area contributed by atoms with E-state index in [-0.39, 0.29) is 13.2 Å². The molecule has 0 saturated heterocycles. The number of nitrogens with one attached hydrogen (secondary N) is 1. The highest BCUT2D eigenvalue weighted by Gasteiger charge is 2.33. The third-order valence-electron chi connectivity index (χ3n) is 1.59. The zero-order chi connectivity index (χ0) is 10.5. The maximum atomic E-state index is 11.5. The lowest BCUT2D eigenvalue weighted by atomic mass is 10.1. The van der Waals surface area contributed by atoms with Crippen LogP contribution in [0.3, 0.4) is 0 Å². The summed E-state index contributed by atoms with van der Waals surface area (Å²) in [4.78, 5) is 0. The summed E-state index contributed by atoms with van der Waals surface area (Å²) in [6, 6.07) is 0. The Bertz CT molecular complexity index is 185. The average molecular weight is 213 g/mol. The Morgan fingerprint density at radius 2 is 1.69 bits per heavy atom. The molecule has 0 spiro atoms. The predicted octanol–water partition coefficient (Wildman–Crippen LogP) is -0.280. The molecule has 0 amide bonds. The van der Waals surface area contributed by atoms with Crippen molar-refractivity contribution in [2.45, 2.75) is 12.5 Å². The highest BCUT2D eigenvalue weighted by atomic mass is 31.2. The molecule has 0 aromatic heterocycles. The van der Waals surface area contributed by atoms with Crippen molar-refractivity contribution in [1.82, 2.24) is 5.09 Å². The van der Waals surface area contributed by atoms with Crippen molar-refractivity contribution in [3.05, 3.63) is 0 Å². The highest BCUT2D eigenvalue weighted by molar-refractivity contribution is 7.51. The van der Waals surface area contributed by atoms with Gasteiger partial charge in [-0.3, -0.25) is 0 Å². The molecule has 0 aliphatic heterocycles. The first-order valence-corrected chi connectivity index (χ1v) is 5.22. The molecule has 0 aliphatic rings. The van der Waals surface area contributed by atoms with Crippen LogP contribution in [0.2, 0.25) is 0 Å². The van der Waals surface area contributed by atoms with E-state index in [1.165, 1.54) is 21.1 Å². The first-order valence-electron chi connectivity index (χ1n) is 3.68. The summed E-state index contributed by atoms with van der Waals surface area (Å²) in [7, 11) is -0.976. The molecule has 0 saturated carbocycles. The van der Waals surface area contributed by atoms with Crippen LogP contribution in [0.25, 0.3) is 0 Å². The van der Waals surface area contributed by atoms with Crippen molar-refractivity contribution in [3.8, 4) is 0 Å². The molecule has 0 atom stereocenters. The monoisotopic (exact) mass is 213 g/mol. The van der Waals surface area contributed by atoms with Gasteiger partial charge in [0.2, 0.25) is 0 Å². The lowest BCUT2D eigenvalue weighted by Gasteiger charge is -2.29. The lowest BCUT2D eigenvalue weighted by Crippen LogP contribution is -2.47. The molecule has 0 bridgehead atoms. The summed E-state index contributed by atoms with van der Waals surface area (Å²) in [5.74, 6) is 0. The molecule has 7 heteroatoms. The van der Waals surface area contributed by atoms with Gasteiger partial charge in [-0.1, -0.05) is 0 Å². The Kier molecular flexibility index (Phi) is 5.06. The van der Waals surface area contributed by atoms with E-state index in [0.29, 0.717) is 0 Å². The van der Waals surface area contributed by atoms with Gasteiger partial charge in [-0.05, 0) is 6.92 Å². The van der Waals surface area contributed by atoms with Crippen LogP contribution >= 0.6 is 7.75 Å². The number of rotatable bonds is 6. The summed E-state index contributed by atoms with van der Waals surface area (Å²) in [5, 5.41) is 20.2. The molecule has 0 fully saturated rings. The van der Waals surface area contributed by atoms with E-state index in [1.54, 1.807) is 0 Å². The Hall–Kier alpha value is 0.0300. The molecule has 6 nitrogen and oxygen atoms in total. The Balaban J connectivity index is 4.46. The van der Waals surface area contributed by atoms with Crippen molar-refractivity contribution < 1.29 is 23.8 Å². The zero-order valence-corrected chi connectivity index (χ0v) is 8.88. The molecule has 0 rings (SSSR count). The lowest BCUT2D eigenvalue weighted by molar-refractivity contribution is 0.110. The molecule has 80 valence electrons. The predicted molar refractivity (Wildman–Crippen MR) is 47.3 cm³/mol. The minimum atomic E-state index is -3.41. The first kappa shape index (κ1) is 13.0. The second kappa shape index (κ2) is 5.05. The fourth-order valence-corrected chi connectivity index (χ4v) is 1.75. The summed E-state index contributed by atoms with van der Waals surface area (Å²) in [6.45, 7) is 0.748. The molecule has 3 N–H and O–H groups in total. The third-order valence-corrected chi connectivity index (χ3v) is 3.36. The Morgan fingerprint density at radius 1 is 1.31 bits per heavy atom. The zero-order valence-electron chi connectivity index (χ0n) is 7.98. The van der Waals surface area contributed by atoms with E-state index in [1.807, 2.05) is 0 Å². The van der Waals surface area contributed by atoms with Gasteiger partial charge in [0.25, 0.3) is 0 Å². The molecule has 0 heterocycles. The molecule has 13 heavy (non-hydrogen) atoms. The van der Waals surface area contributed by atoms with E-state index in [4.69, 9.17) is 10.2 Å². The Labute approximate surface area is 77.4 Å². The van der Waals surface area contributed by atoms with Gasteiger partial charge in [0.1, 0.15) is 0 Å².